The molecule has 2 nitrogen and oxygen atoms in total. The molecule has 0 amide bonds. The van der Waals surface area contributed by atoms with Gasteiger partial charge in [0.2, 0.25) is 0 Å². The third kappa shape index (κ3) is 5.35. The van der Waals surface area contributed by atoms with Crippen molar-refractivity contribution < 1.29 is 0 Å². The first-order valence-electron chi connectivity index (χ1n) is 6.88. The smallest absolute Gasteiger partial charge is 0.0453 e. The van der Waals surface area contributed by atoms with E-state index < -0.39 is 0 Å². The summed E-state index contributed by atoms with van der Waals surface area (Å²) < 4.78 is 0. The Morgan fingerprint density at radius 2 is 2.11 bits per heavy atom. The zero-order valence-electron chi connectivity index (χ0n) is 12.2. The number of likely N-dealkylation sites (N-methyl/N-ethyl adjacent to an activating group) is 1. The monoisotopic (exact) mass is 280 g/mol. The summed E-state index contributed by atoms with van der Waals surface area (Å²) in [5.41, 5.74) is 2.37. The molecule has 0 fully saturated rings. The van der Waals surface area contributed by atoms with E-state index in [1.165, 1.54) is 11.1 Å². The third-order valence-corrected chi connectivity index (χ3v) is 3.64. The summed E-state index contributed by atoms with van der Waals surface area (Å²) in [6, 6.07) is 8.31. The van der Waals surface area contributed by atoms with E-state index in [9.17, 15) is 0 Å². The number of hydrogen-bond donors (Lipinski definition) is 1. The van der Waals surface area contributed by atoms with Crippen molar-refractivity contribution in [3.05, 3.63) is 47.0 Å². The Morgan fingerprint density at radius 3 is 2.74 bits per heavy atom. The fourth-order valence-corrected chi connectivity index (χ4v) is 2.33. The fraction of sp³-hybridized carbons (Fsp3) is 0.500. The number of hydrogen-bond acceptors (Lipinski definition) is 2. The van der Waals surface area contributed by atoms with E-state index in [1.807, 2.05) is 18.2 Å². The molecule has 0 aliphatic rings. The minimum atomic E-state index is 0.289. The van der Waals surface area contributed by atoms with Crippen LogP contribution < -0.4 is 5.32 Å². The SMILES string of the molecule is C=C(CNCCC)CN(C)C(C)c1ccccc1Cl. The molecule has 1 aromatic carbocycles. The average Bonchev–Trinajstić information content (AvgIpc) is 2.38. The van der Waals surface area contributed by atoms with Crippen molar-refractivity contribution in [2.45, 2.75) is 26.3 Å². The summed E-state index contributed by atoms with van der Waals surface area (Å²) in [5.74, 6) is 0. The maximum absolute atomic E-state index is 6.24. The van der Waals surface area contributed by atoms with Gasteiger partial charge in [-0.15, -0.1) is 0 Å². The van der Waals surface area contributed by atoms with E-state index in [0.717, 1.165) is 31.1 Å². The average molecular weight is 281 g/mol. The summed E-state index contributed by atoms with van der Waals surface area (Å²) in [5, 5.41) is 4.21. The van der Waals surface area contributed by atoms with Crippen LogP contribution in [-0.2, 0) is 0 Å². The van der Waals surface area contributed by atoms with Gasteiger partial charge in [0.15, 0.2) is 0 Å². The molecule has 0 heterocycles. The van der Waals surface area contributed by atoms with Gasteiger partial charge < -0.3 is 5.32 Å². The normalized spacial score (nSPS) is 12.7. The van der Waals surface area contributed by atoms with Crippen LogP contribution in [0.4, 0.5) is 0 Å². The highest BCUT2D eigenvalue weighted by Gasteiger charge is 2.14. The molecule has 1 rings (SSSR count). The Hall–Kier alpha value is -0.830. The van der Waals surface area contributed by atoms with Crippen LogP contribution in [0.5, 0.6) is 0 Å². The molecule has 0 aliphatic carbocycles. The zero-order valence-corrected chi connectivity index (χ0v) is 13.0. The molecule has 106 valence electrons. The van der Waals surface area contributed by atoms with Crippen molar-refractivity contribution in [1.29, 1.82) is 0 Å². The molecule has 0 bridgehead atoms. The number of benzene rings is 1. The van der Waals surface area contributed by atoms with E-state index in [0.29, 0.717) is 0 Å². The molecule has 0 saturated heterocycles. The lowest BCUT2D eigenvalue weighted by molar-refractivity contribution is 0.282. The lowest BCUT2D eigenvalue weighted by atomic mass is 10.1. The second-order valence-electron chi connectivity index (χ2n) is 5.04. The van der Waals surface area contributed by atoms with Gasteiger partial charge in [-0.25, -0.2) is 0 Å². The molecule has 1 unspecified atom stereocenters. The van der Waals surface area contributed by atoms with E-state index >= 15 is 0 Å². The predicted molar refractivity (Wildman–Crippen MR) is 84.8 cm³/mol. The van der Waals surface area contributed by atoms with Crippen LogP contribution in [0.15, 0.2) is 36.4 Å². The summed E-state index contributed by atoms with van der Waals surface area (Å²) in [6.07, 6.45) is 1.15. The minimum Gasteiger partial charge on any atom is -0.313 e. The highest BCUT2D eigenvalue weighted by molar-refractivity contribution is 6.31. The Bertz CT molecular complexity index is 403. The van der Waals surface area contributed by atoms with E-state index in [4.69, 9.17) is 11.6 Å². The van der Waals surface area contributed by atoms with Crippen molar-refractivity contribution in [1.82, 2.24) is 10.2 Å². The van der Waals surface area contributed by atoms with E-state index in [-0.39, 0.29) is 6.04 Å². The topological polar surface area (TPSA) is 15.3 Å². The van der Waals surface area contributed by atoms with Crippen LogP contribution in [0, 0.1) is 0 Å². The molecule has 0 aliphatic heterocycles. The Kier molecular flexibility index (Phi) is 7.14. The molecule has 1 atom stereocenters. The summed E-state index contributed by atoms with van der Waals surface area (Å²) in [7, 11) is 2.11. The number of halogens is 1. The fourth-order valence-electron chi connectivity index (χ4n) is 2.04. The van der Waals surface area contributed by atoms with Crippen LogP contribution in [0.25, 0.3) is 0 Å². The van der Waals surface area contributed by atoms with Crippen LogP contribution in [0.2, 0.25) is 5.02 Å². The molecule has 0 radical (unpaired) electrons. The maximum Gasteiger partial charge on any atom is 0.0453 e. The van der Waals surface area contributed by atoms with Gasteiger partial charge in [-0.3, -0.25) is 4.90 Å². The zero-order chi connectivity index (χ0) is 14.3. The first kappa shape index (κ1) is 16.2. The van der Waals surface area contributed by atoms with E-state index in [2.05, 4.69) is 43.8 Å². The molecule has 0 saturated carbocycles. The summed E-state index contributed by atoms with van der Waals surface area (Å²) in [6.45, 7) is 11.3. The summed E-state index contributed by atoms with van der Waals surface area (Å²) in [4.78, 5) is 2.27. The van der Waals surface area contributed by atoms with Gasteiger partial charge in [0, 0.05) is 24.2 Å². The number of nitrogens with one attached hydrogen (secondary N) is 1. The van der Waals surface area contributed by atoms with Crippen molar-refractivity contribution >= 4 is 11.6 Å². The lowest BCUT2D eigenvalue weighted by Crippen LogP contribution is -2.28. The van der Waals surface area contributed by atoms with E-state index in [1.54, 1.807) is 0 Å². The standard InChI is InChI=1S/C16H25ClN2/c1-5-10-18-11-13(2)12-19(4)14(3)15-8-6-7-9-16(15)17/h6-9,14,18H,2,5,10-12H2,1,3-4H3. The molecule has 1 aromatic rings. The molecular weight excluding hydrogens is 256 g/mol. The van der Waals surface area contributed by atoms with Gasteiger partial charge in [0.1, 0.15) is 0 Å². The summed E-state index contributed by atoms with van der Waals surface area (Å²) >= 11 is 6.24. The van der Waals surface area contributed by atoms with Crippen molar-refractivity contribution in [3.8, 4) is 0 Å². The molecule has 1 N–H and O–H groups in total. The first-order valence-corrected chi connectivity index (χ1v) is 7.26. The molecule has 19 heavy (non-hydrogen) atoms. The highest BCUT2D eigenvalue weighted by Crippen LogP contribution is 2.26. The van der Waals surface area contributed by atoms with Crippen molar-refractivity contribution in [2.75, 3.05) is 26.7 Å². The maximum atomic E-state index is 6.24. The molecular formula is C16H25ClN2. The molecule has 0 aromatic heterocycles. The second-order valence-corrected chi connectivity index (χ2v) is 5.45. The highest BCUT2D eigenvalue weighted by atomic mass is 35.5. The van der Waals surface area contributed by atoms with Crippen molar-refractivity contribution in [2.24, 2.45) is 0 Å². The Labute approximate surface area is 122 Å². The Morgan fingerprint density at radius 1 is 1.42 bits per heavy atom. The Balaban J connectivity index is 2.51. The van der Waals surface area contributed by atoms with Gasteiger partial charge in [-0.05, 0) is 44.1 Å². The van der Waals surface area contributed by atoms with Gasteiger partial charge in [-0.1, -0.05) is 43.3 Å². The van der Waals surface area contributed by atoms with Gasteiger partial charge in [0.25, 0.3) is 0 Å². The third-order valence-electron chi connectivity index (χ3n) is 3.29. The largest absolute Gasteiger partial charge is 0.313 e. The quantitative estimate of drug-likeness (QED) is 0.574. The molecule has 0 spiro atoms. The first-order chi connectivity index (χ1) is 9.06. The van der Waals surface area contributed by atoms with Gasteiger partial charge >= 0.3 is 0 Å². The number of nitrogens with zero attached hydrogens (tertiary/aromatic N) is 1. The van der Waals surface area contributed by atoms with Crippen LogP contribution in [0.1, 0.15) is 31.9 Å². The predicted octanol–water partition coefficient (Wildman–Crippen LogP) is 3.89. The van der Waals surface area contributed by atoms with Crippen LogP contribution >= 0.6 is 11.6 Å². The number of rotatable bonds is 8. The minimum absolute atomic E-state index is 0.289. The van der Waals surface area contributed by atoms with Gasteiger partial charge in [0.05, 0.1) is 0 Å². The van der Waals surface area contributed by atoms with Crippen LogP contribution in [0.3, 0.4) is 0 Å². The van der Waals surface area contributed by atoms with Crippen molar-refractivity contribution in [3.63, 3.8) is 0 Å². The molecule has 3 heteroatoms. The van der Waals surface area contributed by atoms with Gasteiger partial charge in [-0.2, -0.15) is 0 Å². The lowest BCUT2D eigenvalue weighted by Gasteiger charge is -2.26. The van der Waals surface area contributed by atoms with Crippen LogP contribution in [-0.4, -0.2) is 31.6 Å². The second kappa shape index (κ2) is 8.36.